The normalized spacial score (nSPS) is 15.7. The smallest absolute Gasteiger partial charge is 0.00231 e. The summed E-state index contributed by atoms with van der Waals surface area (Å²) in [6, 6.07) is 0. The fraction of sp³-hybridized carbons (Fsp3) is 1.00. The van der Waals surface area contributed by atoms with Crippen LogP contribution in [0.4, 0.5) is 0 Å². The number of nitrogens with one attached hydrogen (secondary N) is 1. The van der Waals surface area contributed by atoms with Crippen LogP contribution in [0.25, 0.3) is 0 Å². The molecule has 0 radical (unpaired) electrons. The lowest BCUT2D eigenvalue weighted by molar-refractivity contribution is 0.387. The van der Waals surface area contributed by atoms with E-state index in [2.05, 4.69) is 33.0 Å². The Hall–Kier alpha value is -0.0400. The van der Waals surface area contributed by atoms with Crippen molar-refractivity contribution in [2.45, 2.75) is 53.4 Å². The highest BCUT2D eigenvalue weighted by Crippen LogP contribution is 2.13. The highest BCUT2D eigenvalue weighted by molar-refractivity contribution is 4.61. The molecule has 0 saturated heterocycles. The number of unbranched alkanes of at least 4 members (excludes halogenated alkanes) is 1. The van der Waals surface area contributed by atoms with Crippen LogP contribution in [0.15, 0.2) is 0 Å². The Kier molecular flexibility index (Phi) is 8.53. The quantitative estimate of drug-likeness (QED) is 0.571. The Bertz CT molecular complexity index is 101. The van der Waals surface area contributed by atoms with E-state index in [9.17, 15) is 0 Å². The Labute approximate surface area is 84.3 Å². The van der Waals surface area contributed by atoms with Gasteiger partial charge in [0, 0.05) is 0 Å². The molecule has 0 aliphatic heterocycles. The molecule has 0 aromatic heterocycles. The molecule has 0 heterocycles. The SMILES string of the molecule is CCCCNC[C@@H](C)C[C@@H](C)CC. The lowest BCUT2D eigenvalue weighted by atomic mass is 9.95. The van der Waals surface area contributed by atoms with Gasteiger partial charge in [0.1, 0.15) is 0 Å². The third-order valence-corrected chi connectivity index (χ3v) is 2.70. The molecule has 1 heteroatoms. The second-order valence-corrected chi connectivity index (χ2v) is 4.41. The average molecular weight is 185 g/mol. The highest BCUT2D eigenvalue weighted by atomic mass is 14.8. The molecule has 1 N–H and O–H groups in total. The van der Waals surface area contributed by atoms with Crippen molar-refractivity contribution in [1.29, 1.82) is 0 Å². The van der Waals surface area contributed by atoms with Crippen LogP contribution >= 0.6 is 0 Å². The standard InChI is InChI=1S/C12H27N/c1-5-7-8-13-10-12(4)9-11(3)6-2/h11-13H,5-10H2,1-4H3/t11-,12-/m0/s1. The molecule has 0 aliphatic rings. The Morgan fingerprint density at radius 1 is 1.08 bits per heavy atom. The highest BCUT2D eigenvalue weighted by Gasteiger charge is 2.05. The van der Waals surface area contributed by atoms with E-state index < -0.39 is 0 Å². The first-order valence-corrected chi connectivity index (χ1v) is 5.91. The van der Waals surface area contributed by atoms with Gasteiger partial charge in [-0.15, -0.1) is 0 Å². The van der Waals surface area contributed by atoms with Gasteiger partial charge in [-0.05, 0) is 37.8 Å². The summed E-state index contributed by atoms with van der Waals surface area (Å²) in [6.07, 6.45) is 5.30. The molecule has 1 nitrogen and oxygen atoms in total. The van der Waals surface area contributed by atoms with Crippen LogP contribution in [-0.4, -0.2) is 13.1 Å². The summed E-state index contributed by atoms with van der Waals surface area (Å²) in [6.45, 7) is 11.6. The number of hydrogen-bond donors (Lipinski definition) is 1. The summed E-state index contributed by atoms with van der Waals surface area (Å²) < 4.78 is 0. The van der Waals surface area contributed by atoms with Gasteiger partial charge in [0.15, 0.2) is 0 Å². The van der Waals surface area contributed by atoms with Crippen molar-refractivity contribution in [3.8, 4) is 0 Å². The van der Waals surface area contributed by atoms with Gasteiger partial charge in [-0.1, -0.05) is 40.5 Å². The maximum atomic E-state index is 3.52. The van der Waals surface area contributed by atoms with E-state index in [0.717, 1.165) is 11.8 Å². The predicted molar refractivity (Wildman–Crippen MR) is 61.0 cm³/mol. The largest absolute Gasteiger partial charge is 0.316 e. The minimum Gasteiger partial charge on any atom is -0.316 e. The van der Waals surface area contributed by atoms with Crippen molar-refractivity contribution < 1.29 is 0 Å². The van der Waals surface area contributed by atoms with Crippen molar-refractivity contribution in [3.05, 3.63) is 0 Å². The fourth-order valence-electron chi connectivity index (χ4n) is 1.59. The second kappa shape index (κ2) is 8.55. The molecule has 13 heavy (non-hydrogen) atoms. The molecule has 0 unspecified atom stereocenters. The minimum atomic E-state index is 0.840. The molecule has 0 saturated carbocycles. The Morgan fingerprint density at radius 2 is 1.77 bits per heavy atom. The van der Waals surface area contributed by atoms with Crippen molar-refractivity contribution in [2.24, 2.45) is 11.8 Å². The van der Waals surface area contributed by atoms with Gasteiger partial charge >= 0.3 is 0 Å². The summed E-state index contributed by atoms with van der Waals surface area (Å²) in [5.41, 5.74) is 0. The lowest BCUT2D eigenvalue weighted by Crippen LogP contribution is -2.23. The summed E-state index contributed by atoms with van der Waals surface area (Å²) in [5, 5.41) is 3.52. The second-order valence-electron chi connectivity index (χ2n) is 4.41. The van der Waals surface area contributed by atoms with Crippen LogP contribution in [0.1, 0.15) is 53.4 Å². The summed E-state index contributed by atoms with van der Waals surface area (Å²) >= 11 is 0. The first kappa shape index (κ1) is 13.0. The molecule has 0 rings (SSSR count). The fourth-order valence-corrected chi connectivity index (χ4v) is 1.59. The van der Waals surface area contributed by atoms with E-state index in [-0.39, 0.29) is 0 Å². The van der Waals surface area contributed by atoms with Gasteiger partial charge in [-0.3, -0.25) is 0 Å². The molecule has 0 aromatic carbocycles. The number of rotatable bonds is 8. The van der Waals surface area contributed by atoms with Crippen LogP contribution in [0, 0.1) is 11.8 Å². The zero-order chi connectivity index (χ0) is 10.1. The van der Waals surface area contributed by atoms with Crippen molar-refractivity contribution >= 4 is 0 Å². The third-order valence-electron chi connectivity index (χ3n) is 2.70. The zero-order valence-electron chi connectivity index (χ0n) is 9.90. The van der Waals surface area contributed by atoms with Crippen molar-refractivity contribution in [2.75, 3.05) is 13.1 Å². The van der Waals surface area contributed by atoms with Gasteiger partial charge in [0.25, 0.3) is 0 Å². The predicted octanol–water partition coefficient (Wildman–Crippen LogP) is 3.45. The monoisotopic (exact) mass is 185 g/mol. The average Bonchev–Trinajstić information content (AvgIpc) is 2.12. The van der Waals surface area contributed by atoms with E-state index in [1.165, 1.54) is 38.8 Å². The van der Waals surface area contributed by atoms with E-state index in [1.807, 2.05) is 0 Å². The molecule has 0 fully saturated rings. The maximum Gasteiger partial charge on any atom is -0.00231 e. The zero-order valence-corrected chi connectivity index (χ0v) is 9.90. The van der Waals surface area contributed by atoms with Crippen LogP contribution < -0.4 is 5.32 Å². The molecule has 0 aromatic rings. The van der Waals surface area contributed by atoms with E-state index >= 15 is 0 Å². The summed E-state index contributed by atoms with van der Waals surface area (Å²) in [5.74, 6) is 1.73. The van der Waals surface area contributed by atoms with Crippen LogP contribution in [0.5, 0.6) is 0 Å². The summed E-state index contributed by atoms with van der Waals surface area (Å²) in [7, 11) is 0. The third kappa shape index (κ3) is 8.29. The maximum absolute atomic E-state index is 3.52. The topological polar surface area (TPSA) is 12.0 Å². The van der Waals surface area contributed by atoms with Gasteiger partial charge in [-0.25, -0.2) is 0 Å². The van der Waals surface area contributed by atoms with E-state index in [4.69, 9.17) is 0 Å². The first-order valence-electron chi connectivity index (χ1n) is 5.91. The minimum absolute atomic E-state index is 0.840. The molecule has 2 atom stereocenters. The summed E-state index contributed by atoms with van der Waals surface area (Å²) in [4.78, 5) is 0. The van der Waals surface area contributed by atoms with Gasteiger partial charge in [-0.2, -0.15) is 0 Å². The number of hydrogen-bond acceptors (Lipinski definition) is 1. The lowest BCUT2D eigenvalue weighted by Gasteiger charge is -2.16. The molecular weight excluding hydrogens is 158 g/mol. The Balaban J connectivity index is 3.24. The van der Waals surface area contributed by atoms with Gasteiger partial charge in [0.2, 0.25) is 0 Å². The molecule has 0 aliphatic carbocycles. The Morgan fingerprint density at radius 3 is 2.31 bits per heavy atom. The van der Waals surface area contributed by atoms with Gasteiger partial charge in [0.05, 0.1) is 0 Å². The molecule has 80 valence electrons. The first-order chi connectivity index (χ1) is 6.20. The van der Waals surface area contributed by atoms with Crippen molar-refractivity contribution in [3.63, 3.8) is 0 Å². The molecular formula is C12H27N. The molecule has 0 amide bonds. The molecule has 0 bridgehead atoms. The van der Waals surface area contributed by atoms with Crippen molar-refractivity contribution in [1.82, 2.24) is 5.32 Å². The van der Waals surface area contributed by atoms with E-state index in [1.54, 1.807) is 0 Å². The van der Waals surface area contributed by atoms with Crippen LogP contribution in [-0.2, 0) is 0 Å². The van der Waals surface area contributed by atoms with E-state index in [0.29, 0.717) is 0 Å². The molecule has 0 spiro atoms. The van der Waals surface area contributed by atoms with Gasteiger partial charge < -0.3 is 5.32 Å². The van der Waals surface area contributed by atoms with Crippen LogP contribution in [0.3, 0.4) is 0 Å². The van der Waals surface area contributed by atoms with Crippen LogP contribution in [0.2, 0.25) is 0 Å².